The molecule has 2 N–H and O–H groups in total. The molecule has 0 atom stereocenters. The topological polar surface area (TPSA) is 24.1 Å². The van der Waals surface area contributed by atoms with Crippen LogP contribution >= 0.6 is 0 Å². The summed E-state index contributed by atoms with van der Waals surface area (Å²) in [6.07, 6.45) is 1.03. The van der Waals surface area contributed by atoms with Gasteiger partial charge in [-0.2, -0.15) is 0 Å². The van der Waals surface area contributed by atoms with Crippen LogP contribution in [0.25, 0.3) is 11.1 Å². The van der Waals surface area contributed by atoms with Crippen molar-refractivity contribution < 1.29 is 0 Å². The fourth-order valence-electron chi connectivity index (χ4n) is 4.43. The van der Waals surface area contributed by atoms with Gasteiger partial charge in [0.25, 0.3) is 0 Å². The zero-order chi connectivity index (χ0) is 20.9. The predicted octanol–water partition coefficient (Wildman–Crippen LogP) is 5.84. The second-order valence-electron chi connectivity index (χ2n) is 8.34. The molecule has 2 nitrogen and oxygen atoms in total. The molecule has 0 saturated carbocycles. The Morgan fingerprint density at radius 3 is 1.32 bits per heavy atom. The molecule has 1 aliphatic carbocycles. The van der Waals surface area contributed by atoms with Crippen molar-refractivity contribution in [2.24, 2.45) is 0 Å². The van der Waals surface area contributed by atoms with Gasteiger partial charge in [0, 0.05) is 26.2 Å². The van der Waals surface area contributed by atoms with Crippen molar-refractivity contribution in [1.29, 1.82) is 0 Å². The van der Waals surface area contributed by atoms with Gasteiger partial charge in [0.1, 0.15) is 0 Å². The number of fused-ring (bicyclic) bond motifs is 3. The summed E-state index contributed by atoms with van der Waals surface area (Å²) in [7, 11) is 0. The Hall–Kier alpha value is -3.20. The van der Waals surface area contributed by atoms with Crippen LogP contribution in [0, 0.1) is 0 Å². The summed E-state index contributed by atoms with van der Waals surface area (Å²) < 4.78 is 0. The van der Waals surface area contributed by atoms with Gasteiger partial charge in [-0.3, -0.25) is 0 Å². The van der Waals surface area contributed by atoms with E-state index >= 15 is 0 Å². The molecular weight excluding hydrogens is 376 g/mol. The second-order valence-corrected chi connectivity index (χ2v) is 8.34. The van der Waals surface area contributed by atoms with E-state index < -0.39 is 0 Å². The highest BCUT2D eigenvalue weighted by Gasteiger charge is 2.18. The first-order valence-electron chi connectivity index (χ1n) is 11.1. The summed E-state index contributed by atoms with van der Waals surface area (Å²) in [5, 5.41) is 7.14. The molecule has 0 fully saturated rings. The lowest BCUT2D eigenvalue weighted by molar-refractivity contribution is 0.692. The molecule has 0 bridgehead atoms. The van der Waals surface area contributed by atoms with Gasteiger partial charge >= 0.3 is 0 Å². The van der Waals surface area contributed by atoms with Crippen LogP contribution in [0.3, 0.4) is 0 Å². The minimum Gasteiger partial charge on any atom is -0.309 e. The van der Waals surface area contributed by atoms with Gasteiger partial charge in [0.2, 0.25) is 0 Å². The Morgan fingerprint density at radius 2 is 0.871 bits per heavy atom. The van der Waals surface area contributed by atoms with E-state index in [-0.39, 0.29) is 0 Å². The van der Waals surface area contributed by atoms with Crippen LogP contribution in [-0.4, -0.2) is 0 Å². The van der Waals surface area contributed by atoms with E-state index in [4.69, 9.17) is 0 Å². The van der Waals surface area contributed by atoms with Crippen LogP contribution < -0.4 is 10.6 Å². The minimum absolute atomic E-state index is 0.896. The Morgan fingerprint density at radius 1 is 0.452 bits per heavy atom. The highest BCUT2D eigenvalue weighted by atomic mass is 14.8. The van der Waals surface area contributed by atoms with E-state index in [2.05, 4.69) is 108 Å². The van der Waals surface area contributed by atoms with Crippen LogP contribution in [0.15, 0.2) is 97.1 Å². The van der Waals surface area contributed by atoms with Crippen molar-refractivity contribution in [3.63, 3.8) is 0 Å². The normalized spacial score (nSPS) is 11.9. The Kier molecular flexibility index (Phi) is 5.92. The van der Waals surface area contributed by atoms with Gasteiger partial charge in [0.15, 0.2) is 0 Å². The molecule has 1 aliphatic rings. The van der Waals surface area contributed by atoms with Crippen molar-refractivity contribution in [3.05, 3.63) is 130 Å². The van der Waals surface area contributed by atoms with Crippen LogP contribution in [-0.2, 0) is 32.6 Å². The highest BCUT2D eigenvalue weighted by molar-refractivity contribution is 5.77. The Balaban J connectivity index is 1.19. The zero-order valence-corrected chi connectivity index (χ0v) is 17.8. The molecule has 0 unspecified atom stereocenters. The van der Waals surface area contributed by atoms with Crippen LogP contribution in [0.1, 0.15) is 33.4 Å². The lowest BCUT2D eigenvalue weighted by Crippen LogP contribution is -2.12. The summed E-state index contributed by atoms with van der Waals surface area (Å²) in [4.78, 5) is 0. The zero-order valence-electron chi connectivity index (χ0n) is 17.8. The molecular formula is C29H28N2. The van der Waals surface area contributed by atoms with E-state index in [1.807, 2.05) is 0 Å². The van der Waals surface area contributed by atoms with E-state index in [9.17, 15) is 0 Å². The monoisotopic (exact) mass is 404 g/mol. The van der Waals surface area contributed by atoms with Gasteiger partial charge in [-0.1, -0.05) is 97.1 Å². The fourth-order valence-corrected chi connectivity index (χ4v) is 4.43. The van der Waals surface area contributed by atoms with Gasteiger partial charge in [-0.15, -0.1) is 0 Å². The Bertz CT molecular complexity index is 1060. The predicted molar refractivity (Wildman–Crippen MR) is 129 cm³/mol. The molecule has 5 rings (SSSR count). The molecule has 0 heterocycles. The first kappa shape index (κ1) is 19.7. The number of benzene rings is 4. The van der Waals surface area contributed by atoms with Gasteiger partial charge in [-0.05, 0) is 50.9 Å². The van der Waals surface area contributed by atoms with Crippen molar-refractivity contribution in [3.8, 4) is 11.1 Å². The van der Waals surface area contributed by atoms with E-state index in [0.717, 1.165) is 32.6 Å². The molecule has 2 heteroatoms. The molecule has 0 amide bonds. The largest absolute Gasteiger partial charge is 0.309 e. The van der Waals surface area contributed by atoms with Crippen LogP contribution in [0.2, 0.25) is 0 Å². The average Bonchev–Trinajstić information content (AvgIpc) is 3.17. The third-order valence-corrected chi connectivity index (χ3v) is 6.01. The smallest absolute Gasteiger partial charge is 0.0208 e. The molecule has 4 aromatic rings. The third kappa shape index (κ3) is 4.77. The van der Waals surface area contributed by atoms with E-state index in [1.165, 1.54) is 44.5 Å². The average molecular weight is 405 g/mol. The lowest BCUT2D eigenvalue weighted by atomic mass is 10.0. The molecule has 0 spiro atoms. The summed E-state index contributed by atoms with van der Waals surface area (Å²) in [5.41, 5.74) is 11.0. The molecule has 0 aromatic heterocycles. The molecule has 4 aromatic carbocycles. The SMILES string of the molecule is c1ccc(CNCc2ccc3c(c2)Cc2cc(CNCc4ccccc4)ccc2-3)cc1. The molecule has 154 valence electrons. The van der Waals surface area contributed by atoms with Crippen molar-refractivity contribution in [2.75, 3.05) is 0 Å². The molecule has 0 radical (unpaired) electrons. The summed E-state index contributed by atoms with van der Waals surface area (Å²) >= 11 is 0. The van der Waals surface area contributed by atoms with Gasteiger partial charge in [0.05, 0.1) is 0 Å². The first-order chi connectivity index (χ1) is 15.3. The van der Waals surface area contributed by atoms with E-state index in [1.54, 1.807) is 0 Å². The molecule has 31 heavy (non-hydrogen) atoms. The molecule has 0 saturated heterocycles. The lowest BCUT2D eigenvalue weighted by Gasteiger charge is -2.08. The molecule has 0 aliphatic heterocycles. The summed E-state index contributed by atoms with van der Waals surface area (Å²) in [6, 6.07) is 35.0. The highest BCUT2D eigenvalue weighted by Crippen LogP contribution is 2.37. The van der Waals surface area contributed by atoms with E-state index in [0.29, 0.717) is 0 Å². The van der Waals surface area contributed by atoms with Crippen molar-refractivity contribution in [1.82, 2.24) is 10.6 Å². The fraction of sp³-hybridized carbons (Fsp3) is 0.172. The number of hydrogen-bond acceptors (Lipinski definition) is 2. The maximum Gasteiger partial charge on any atom is 0.0208 e. The standard InChI is InChI=1S/C29H28N2/c1-3-7-22(8-4-1)18-30-20-24-11-13-28-26(15-24)17-27-16-25(12-14-29(27)28)21-31-19-23-9-5-2-6-10-23/h1-16,30-31H,17-21H2. The Labute approximate surface area is 185 Å². The first-order valence-corrected chi connectivity index (χ1v) is 11.1. The van der Waals surface area contributed by atoms with Crippen LogP contribution in [0.5, 0.6) is 0 Å². The maximum atomic E-state index is 3.57. The van der Waals surface area contributed by atoms with Crippen LogP contribution in [0.4, 0.5) is 0 Å². The summed E-state index contributed by atoms with van der Waals surface area (Å²) in [6.45, 7) is 3.59. The van der Waals surface area contributed by atoms with Gasteiger partial charge in [-0.25, -0.2) is 0 Å². The maximum absolute atomic E-state index is 3.57. The van der Waals surface area contributed by atoms with Crippen molar-refractivity contribution >= 4 is 0 Å². The quantitative estimate of drug-likeness (QED) is 0.340. The van der Waals surface area contributed by atoms with Crippen molar-refractivity contribution in [2.45, 2.75) is 32.6 Å². The minimum atomic E-state index is 0.896. The number of nitrogens with one attached hydrogen (secondary N) is 2. The van der Waals surface area contributed by atoms with Gasteiger partial charge < -0.3 is 10.6 Å². The number of hydrogen-bond donors (Lipinski definition) is 2. The second kappa shape index (κ2) is 9.30. The third-order valence-electron chi connectivity index (χ3n) is 6.01. The number of rotatable bonds is 8. The summed E-state index contributed by atoms with van der Waals surface area (Å²) in [5.74, 6) is 0.